The third-order valence-corrected chi connectivity index (χ3v) is 4.66. The van der Waals surface area contributed by atoms with Crippen LogP contribution in [0.25, 0.3) is 22.4 Å². The summed E-state index contributed by atoms with van der Waals surface area (Å²) in [5, 5.41) is 13.5. The van der Waals surface area contributed by atoms with E-state index < -0.39 is 12.1 Å². The van der Waals surface area contributed by atoms with Crippen LogP contribution in [0.2, 0.25) is 0 Å². The molecule has 0 unspecified atom stereocenters. The number of H-pyrrole nitrogens is 1. The summed E-state index contributed by atoms with van der Waals surface area (Å²) in [6.07, 6.45) is -5.08. The van der Waals surface area contributed by atoms with E-state index in [4.69, 9.17) is 9.90 Å². The fraction of sp³-hybridized carbons (Fsp3) is 0.286. The highest BCUT2D eigenvalue weighted by Crippen LogP contribution is 2.27. The molecule has 1 amide bonds. The highest BCUT2D eigenvalue weighted by molar-refractivity contribution is 5.96. The molecule has 0 aliphatic carbocycles. The molecule has 3 aromatic rings. The van der Waals surface area contributed by atoms with Crippen LogP contribution in [0, 0.1) is 0 Å². The van der Waals surface area contributed by atoms with Crippen molar-refractivity contribution >= 4 is 28.6 Å². The topological polar surface area (TPSA) is 110 Å². The van der Waals surface area contributed by atoms with Gasteiger partial charge in [-0.05, 0) is 24.3 Å². The molecule has 1 aliphatic rings. The van der Waals surface area contributed by atoms with E-state index in [1.807, 2.05) is 48.5 Å². The molecule has 4 N–H and O–H groups in total. The van der Waals surface area contributed by atoms with Gasteiger partial charge in [0.1, 0.15) is 5.82 Å². The molecule has 0 bridgehead atoms. The van der Waals surface area contributed by atoms with E-state index in [-0.39, 0.29) is 5.91 Å². The van der Waals surface area contributed by atoms with Crippen LogP contribution in [0.15, 0.2) is 48.5 Å². The number of nitrogens with zero attached hydrogens (tertiary/aromatic N) is 2. The molecule has 2 heterocycles. The molecule has 2 aromatic carbocycles. The van der Waals surface area contributed by atoms with Crippen molar-refractivity contribution in [3.05, 3.63) is 48.5 Å². The van der Waals surface area contributed by atoms with Crippen molar-refractivity contribution in [2.75, 3.05) is 38.0 Å². The third kappa shape index (κ3) is 6.28. The maximum absolute atomic E-state index is 12.4. The Bertz CT molecular complexity index is 1040. The molecule has 0 spiro atoms. The molecule has 0 radical (unpaired) electrons. The number of hydrogen-bond donors (Lipinski definition) is 4. The average molecular weight is 449 g/mol. The Hall–Kier alpha value is -3.44. The van der Waals surface area contributed by atoms with Gasteiger partial charge in [-0.3, -0.25) is 9.69 Å². The number of aliphatic carboxylic acids is 1. The number of aromatic nitrogens is 2. The first-order chi connectivity index (χ1) is 15.2. The summed E-state index contributed by atoms with van der Waals surface area (Å²) in [6.45, 7) is 4.08. The second-order valence-electron chi connectivity index (χ2n) is 7.03. The summed E-state index contributed by atoms with van der Waals surface area (Å²) in [7, 11) is 0. The van der Waals surface area contributed by atoms with Gasteiger partial charge >= 0.3 is 12.1 Å². The normalized spacial score (nSPS) is 14.5. The number of aromatic amines is 1. The number of hydrogen-bond acceptors (Lipinski definition) is 5. The molecule has 1 aliphatic heterocycles. The van der Waals surface area contributed by atoms with Crippen LogP contribution in [0.3, 0.4) is 0 Å². The summed E-state index contributed by atoms with van der Waals surface area (Å²) >= 11 is 0. The molecular weight excluding hydrogens is 427 g/mol. The largest absolute Gasteiger partial charge is 0.490 e. The maximum atomic E-state index is 12.4. The molecule has 1 saturated heterocycles. The van der Waals surface area contributed by atoms with Crippen molar-refractivity contribution in [2.45, 2.75) is 6.18 Å². The van der Waals surface area contributed by atoms with Crippen molar-refractivity contribution in [3.8, 4) is 11.4 Å². The van der Waals surface area contributed by atoms with Gasteiger partial charge in [0.05, 0.1) is 23.3 Å². The van der Waals surface area contributed by atoms with E-state index >= 15 is 0 Å². The quantitative estimate of drug-likeness (QED) is 0.488. The van der Waals surface area contributed by atoms with E-state index in [1.165, 1.54) is 0 Å². The molecule has 11 heteroatoms. The number of anilines is 1. The molecule has 1 fully saturated rings. The zero-order chi connectivity index (χ0) is 23.1. The first kappa shape index (κ1) is 23.2. The molecule has 1 aromatic heterocycles. The third-order valence-electron chi connectivity index (χ3n) is 4.66. The van der Waals surface area contributed by atoms with Crippen LogP contribution in [0.5, 0.6) is 0 Å². The number of halogens is 3. The number of amides is 1. The lowest BCUT2D eigenvalue weighted by atomic mass is 10.1. The maximum Gasteiger partial charge on any atom is 0.490 e. The number of carboxylic acids is 1. The number of fused-ring (bicyclic) bond motifs is 1. The van der Waals surface area contributed by atoms with Gasteiger partial charge in [-0.1, -0.05) is 24.3 Å². The van der Waals surface area contributed by atoms with Gasteiger partial charge in [-0.15, -0.1) is 0 Å². The van der Waals surface area contributed by atoms with Gasteiger partial charge in [-0.2, -0.15) is 13.2 Å². The Morgan fingerprint density at radius 3 is 2.34 bits per heavy atom. The van der Waals surface area contributed by atoms with Crippen molar-refractivity contribution in [3.63, 3.8) is 0 Å². The van der Waals surface area contributed by atoms with Gasteiger partial charge < -0.3 is 20.7 Å². The van der Waals surface area contributed by atoms with E-state index in [2.05, 4.69) is 25.5 Å². The number of carbonyl (C=O) groups excluding carboxylic acids is 1. The summed E-state index contributed by atoms with van der Waals surface area (Å²) in [5.74, 6) is -1.99. The highest BCUT2D eigenvalue weighted by Gasteiger charge is 2.38. The van der Waals surface area contributed by atoms with Gasteiger partial charge in [0, 0.05) is 31.7 Å². The minimum atomic E-state index is -5.08. The zero-order valence-electron chi connectivity index (χ0n) is 16.9. The molecule has 0 atom stereocenters. The molecular formula is C21H22F3N5O3. The molecule has 8 nitrogen and oxygen atoms in total. The lowest BCUT2D eigenvalue weighted by molar-refractivity contribution is -0.192. The number of para-hydroxylation sites is 3. The number of piperazine rings is 1. The van der Waals surface area contributed by atoms with Crippen LogP contribution in [0.1, 0.15) is 0 Å². The van der Waals surface area contributed by atoms with Gasteiger partial charge in [0.2, 0.25) is 5.91 Å². The Kier molecular flexibility index (Phi) is 7.44. The summed E-state index contributed by atoms with van der Waals surface area (Å²) in [6, 6.07) is 15.7. The minimum Gasteiger partial charge on any atom is -0.475 e. The molecule has 32 heavy (non-hydrogen) atoms. The fourth-order valence-electron chi connectivity index (χ4n) is 3.14. The van der Waals surface area contributed by atoms with Crippen LogP contribution >= 0.6 is 0 Å². The van der Waals surface area contributed by atoms with Gasteiger partial charge in [-0.25, -0.2) is 9.78 Å². The smallest absolute Gasteiger partial charge is 0.475 e. The Labute approximate surface area is 181 Å². The van der Waals surface area contributed by atoms with Crippen LogP contribution in [-0.4, -0.2) is 70.8 Å². The predicted molar refractivity (Wildman–Crippen MR) is 113 cm³/mol. The fourth-order valence-corrected chi connectivity index (χ4v) is 3.14. The molecule has 0 saturated carbocycles. The molecule has 4 rings (SSSR count). The molecule has 170 valence electrons. The van der Waals surface area contributed by atoms with Crippen LogP contribution < -0.4 is 10.6 Å². The predicted octanol–water partition coefficient (Wildman–Crippen LogP) is 2.71. The van der Waals surface area contributed by atoms with Crippen molar-refractivity contribution in [1.82, 2.24) is 20.2 Å². The first-order valence-corrected chi connectivity index (χ1v) is 9.81. The van der Waals surface area contributed by atoms with Crippen LogP contribution in [0.4, 0.5) is 18.9 Å². The average Bonchev–Trinajstić information content (AvgIpc) is 3.18. The lowest BCUT2D eigenvalue weighted by Crippen LogP contribution is -2.46. The monoisotopic (exact) mass is 449 g/mol. The number of rotatable bonds is 4. The summed E-state index contributed by atoms with van der Waals surface area (Å²) in [4.78, 5) is 31.5. The number of alkyl halides is 3. The number of nitrogens with one attached hydrogen (secondary N) is 3. The van der Waals surface area contributed by atoms with Crippen LogP contribution in [-0.2, 0) is 9.59 Å². The number of carbonyl (C=O) groups is 2. The second-order valence-corrected chi connectivity index (χ2v) is 7.03. The number of imidazole rings is 1. The summed E-state index contributed by atoms with van der Waals surface area (Å²) < 4.78 is 31.7. The Morgan fingerprint density at radius 2 is 1.69 bits per heavy atom. The first-order valence-electron chi connectivity index (χ1n) is 9.81. The standard InChI is InChI=1S/C19H21N5O.C2HF3O2/c25-18(13-24-11-9-20-10-12-24)21-15-6-2-1-5-14(15)19-22-16-7-3-4-8-17(16)23-19;3-2(4,5)1(6)7/h1-8,20H,9-13H2,(H,21,25)(H,22,23);(H,6,7). The number of benzene rings is 2. The SMILES string of the molecule is O=C(CN1CCNCC1)Nc1ccccc1-c1nc2ccccc2[nH]1.O=C(O)C(F)(F)F. The Morgan fingerprint density at radius 1 is 1.06 bits per heavy atom. The van der Waals surface area contributed by atoms with Gasteiger partial charge in [0.15, 0.2) is 0 Å². The van der Waals surface area contributed by atoms with Crippen molar-refractivity contribution in [1.29, 1.82) is 0 Å². The number of carboxylic acid groups (broad SMARTS) is 1. The second kappa shape index (κ2) is 10.2. The lowest BCUT2D eigenvalue weighted by Gasteiger charge is -2.26. The highest BCUT2D eigenvalue weighted by atomic mass is 19.4. The summed E-state index contributed by atoms with van der Waals surface area (Å²) in [5.41, 5.74) is 3.58. The van der Waals surface area contributed by atoms with E-state index in [0.29, 0.717) is 6.54 Å². The zero-order valence-corrected chi connectivity index (χ0v) is 16.9. The van der Waals surface area contributed by atoms with Crippen molar-refractivity contribution in [2.24, 2.45) is 0 Å². The van der Waals surface area contributed by atoms with Crippen molar-refractivity contribution < 1.29 is 27.9 Å². The Balaban J connectivity index is 0.000000360. The van der Waals surface area contributed by atoms with E-state index in [0.717, 1.165) is 54.3 Å². The minimum absolute atomic E-state index is 0.00506. The van der Waals surface area contributed by atoms with E-state index in [9.17, 15) is 18.0 Å². The van der Waals surface area contributed by atoms with E-state index in [1.54, 1.807) is 0 Å². The van der Waals surface area contributed by atoms with Gasteiger partial charge in [0.25, 0.3) is 0 Å².